The third kappa shape index (κ3) is 2.83. The van der Waals surface area contributed by atoms with Crippen LogP contribution in [-0.4, -0.2) is 27.2 Å². The lowest BCUT2D eigenvalue weighted by atomic mass is 10.1. The molecule has 2 aromatic rings. The van der Waals surface area contributed by atoms with Crippen molar-refractivity contribution in [2.75, 3.05) is 0 Å². The average Bonchev–Trinajstić information content (AvgIpc) is 2.43. The van der Waals surface area contributed by atoms with Crippen LogP contribution in [0.15, 0.2) is 42.5 Å². The standard InChI is InChI=1S/C15H14O5/c1-9(20-14-5-3-2-4-12(14)17)15(19)10-6-7-11(16)13(18)8-10/h2-9,16-18H,1H3. The molecule has 0 spiro atoms. The van der Waals surface area contributed by atoms with Gasteiger partial charge in [-0.25, -0.2) is 0 Å². The van der Waals surface area contributed by atoms with Crippen molar-refractivity contribution in [3.63, 3.8) is 0 Å². The molecule has 5 nitrogen and oxygen atoms in total. The van der Waals surface area contributed by atoms with E-state index in [0.29, 0.717) is 0 Å². The van der Waals surface area contributed by atoms with E-state index in [0.717, 1.165) is 0 Å². The zero-order valence-electron chi connectivity index (χ0n) is 10.8. The van der Waals surface area contributed by atoms with E-state index in [1.165, 1.54) is 24.3 Å². The first-order valence-electron chi connectivity index (χ1n) is 6.00. The van der Waals surface area contributed by atoms with Crippen molar-refractivity contribution in [2.24, 2.45) is 0 Å². The van der Waals surface area contributed by atoms with Crippen LogP contribution in [0, 0.1) is 0 Å². The fourth-order valence-corrected chi connectivity index (χ4v) is 1.71. The highest BCUT2D eigenvalue weighted by Gasteiger charge is 2.19. The molecule has 2 aromatic carbocycles. The van der Waals surface area contributed by atoms with Gasteiger partial charge in [-0.05, 0) is 37.3 Å². The molecule has 0 aromatic heterocycles. The Morgan fingerprint density at radius 3 is 2.35 bits per heavy atom. The van der Waals surface area contributed by atoms with E-state index >= 15 is 0 Å². The molecule has 0 aliphatic carbocycles. The molecule has 104 valence electrons. The Kier molecular flexibility index (Phi) is 3.79. The summed E-state index contributed by atoms with van der Waals surface area (Å²) in [6, 6.07) is 10.1. The summed E-state index contributed by atoms with van der Waals surface area (Å²) in [6.45, 7) is 1.54. The third-order valence-electron chi connectivity index (χ3n) is 2.80. The van der Waals surface area contributed by atoms with Gasteiger partial charge in [0.25, 0.3) is 0 Å². The van der Waals surface area contributed by atoms with E-state index in [2.05, 4.69) is 0 Å². The molecule has 20 heavy (non-hydrogen) atoms. The molecule has 0 saturated carbocycles. The molecular weight excluding hydrogens is 260 g/mol. The molecule has 5 heteroatoms. The van der Waals surface area contributed by atoms with Gasteiger partial charge in [-0.3, -0.25) is 4.79 Å². The van der Waals surface area contributed by atoms with Crippen LogP contribution in [0.5, 0.6) is 23.0 Å². The van der Waals surface area contributed by atoms with Gasteiger partial charge in [-0.2, -0.15) is 0 Å². The molecule has 0 aliphatic rings. The van der Waals surface area contributed by atoms with Gasteiger partial charge >= 0.3 is 0 Å². The first kappa shape index (κ1) is 13.7. The highest BCUT2D eigenvalue weighted by Crippen LogP contribution is 2.28. The van der Waals surface area contributed by atoms with E-state index in [9.17, 15) is 20.1 Å². The lowest BCUT2D eigenvalue weighted by Crippen LogP contribution is -2.23. The molecule has 3 N–H and O–H groups in total. The number of phenolic OH excluding ortho intramolecular Hbond substituents is 3. The van der Waals surface area contributed by atoms with Gasteiger partial charge in [0.05, 0.1) is 0 Å². The number of ketones is 1. The van der Waals surface area contributed by atoms with E-state index in [1.54, 1.807) is 25.1 Å². The van der Waals surface area contributed by atoms with Gasteiger partial charge in [0.2, 0.25) is 5.78 Å². The van der Waals surface area contributed by atoms with Gasteiger partial charge in [-0.15, -0.1) is 0 Å². The summed E-state index contributed by atoms with van der Waals surface area (Å²) in [5.41, 5.74) is 0.211. The lowest BCUT2D eigenvalue weighted by Gasteiger charge is -2.14. The minimum atomic E-state index is -0.841. The SMILES string of the molecule is CC(Oc1ccccc1O)C(=O)c1ccc(O)c(O)c1. The molecule has 0 radical (unpaired) electrons. The highest BCUT2D eigenvalue weighted by molar-refractivity contribution is 6.00. The normalized spacial score (nSPS) is 11.8. The summed E-state index contributed by atoms with van der Waals surface area (Å²) in [5, 5.41) is 28.2. The maximum Gasteiger partial charge on any atom is 0.203 e. The molecule has 1 atom stereocenters. The number of para-hydroxylation sites is 2. The third-order valence-corrected chi connectivity index (χ3v) is 2.80. The Balaban J connectivity index is 2.16. The molecule has 0 heterocycles. The van der Waals surface area contributed by atoms with Crippen LogP contribution >= 0.6 is 0 Å². The number of carbonyl (C=O) groups is 1. The number of Topliss-reactive ketones (excluding diaryl/α,β-unsaturated/α-hetero) is 1. The summed E-state index contributed by atoms with van der Waals surface area (Å²) in [6.07, 6.45) is -0.841. The van der Waals surface area contributed by atoms with Gasteiger partial charge in [0.15, 0.2) is 29.1 Å². The van der Waals surface area contributed by atoms with Crippen molar-refractivity contribution in [2.45, 2.75) is 13.0 Å². The van der Waals surface area contributed by atoms with Crippen molar-refractivity contribution in [3.8, 4) is 23.0 Å². The largest absolute Gasteiger partial charge is 0.504 e. The Morgan fingerprint density at radius 2 is 1.70 bits per heavy atom. The van der Waals surface area contributed by atoms with Crippen LogP contribution in [0.1, 0.15) is 17.3 Å². The monoisotopic (exact) mass is 274 g/mol. The fourth-order valence-electron chi connectivity index (χ4n) is 1.71. The number of benzene rings is 2. The Labute approximate surface area is 115 Å². The number of hydrogen-bond donors (Lipinski definition) is 3. The van der Waals surface area contributed by atoms with Gasteiger partial charge in [0.1, 0.15) is 0 Å². The number of rotatable bonds is 4. The number of ether oxygens (including phenoxy) is 1. The Hall–Kier alpha value is -2.69. The molecule has 0 amide bonds. The first-order valence-corrected chi connectivity index (χ1v) is 6.00. The van der Waals surface area contributed by atoms with E-state index in [1.807, 2.05) is 0 Å². The second-order valence-corrected chi connectivity index (χ2v) is 4.30. The van der Waals surface area contributed by atoms with Crippen LogP contribution in [-0.2, 0) is 0 Å². The van der Waals surface area contributed by atoms with Crippen LogP contribution in [0.2, 0.25) is 0 Å². The van der Waals surface area contributed by atoms with E-state index < -0.39 is 6.10 Å². The molecule has 0 saturated heterocycles. The van der Waals surface area contributed by atoms with E-state index in [-0.39, 0.29) is 34.3 Å². The van der Waals surface area contributed by atoms with Crippen molar-refractivity contribution in [1.29, 1.82) is 0 Å². The summed E-state index contributed by atoms with van der Waals surface area (Å²) in [7, 11) is 0. The maximum atomic E-state index is 12.1. The van der Waals surface area contributed by atoms with Crippen molar-refractivity contribution in [1.82, 2.24) is 0 Å². The van der Waals surface area contributed by atoms with Gasteiger partial charge < -0.3 is 20.1 Å². The summed E-state index contributed by atoms with van der Waals surface area (Å²) in [5.74, 6) is -0.887. The van der Waals surface area contributed by atoms with Crippen molar-refractivity contribution < 1.29 is 24.9 Å². The minimum Gasteiger partial charge on any atom is -0.504 e. The summed E-state index contributed by atoms with van der Waals surface area (Å²) >= 11 is 0. The van der Waals surface area contributed by atoms with Crippen LogP contribution in [0.3, 0.4) is 0 Å². The van der Waals surface area contributed by atoms with Crippen LogP contribution in [0.4, 0.5) is 0 Å². The number of carbonyl (C=O) groups excluding carboxylic acids is 1. The topological polar surface area (TPSA) is 87.0 Å². The van der Waals surface area contributed by atoms with Crippen LogP contribution in [0.25, 0.3) is 0 Å². The van der Waals surface area contributed by atoms with Gasteiger partial charge in [0, 0.05) is 5.56 Å². The predicted octanol–water partition coefficient (Wildman–Crippen LogP) is 2.45. The minimum absolute atomic E-state index is 0.0549. The second-order valence-electron chi connectivity index (χ2n) is 4.30. The zero-order chi connectivity index (χ0) is 14.7. The smallest absolute Gasteiger partial charge is 0.203 e. The second kappa shape index (κ2) is 5.52. The molecule has 1 unspecified atom stereocenters. The highest BCUT2D eigenvalue weighted by atomic mass is 16.5. The maximum absolute atomic E-state index is 12.1. The van der Waals surface area contributed by atoms with Crippen molar-refractivity contribution in [3.05, 3.63) is 48.0 Å². The summed E-state index contributed by atoms with van der Waals surface area (Å²) < 4.78 is 5.39. The molecule has 0 aliphatic heterocycles. The zero-order valence-corrected chi connectivity index (χ0v) is 10.8. The van der Waals surface area contributed by atoms with E-state index in [4.69, 9.17) is 4.74 Å². The number of phenols is 3. The predicted molar refractivity (Wildman–Crippen MR) is 72.3 cm³/mol. The molecule has 2 rings (SSSR count). The first-order chi connectivity index (χ1) is 9.49. The average molecular weight is 274 g/mol. The lowest BCUT2D eigenvalue weighted by molar-refractivity contribution is 0.0814. The Morgan fingerprint density at radius 1 is 1.00 bits per heavy atom. The number of hydrogen-bond acceptors (Lipinski definition) is 5. The summed E-state index contributed by atoms with van der Waals surface area (Å²) in [4.78, 5) is 12.1. The fraction of sp³-hybridized carbons (Fsp3) is 0.133. The quantitative estimate of drug-likeness (QED) is 0.589. The van der Waals surface area contributed by atoms with Crippen LogP contribution < -0.4 is 4.74 Å². The number of aromatic hydroxyl groups is 3. The Bertz CT molecular complexity index is 636. The van der Waals surface area contributed by atoms with Gasteiger partial charge in [-0.1, -0.05) is 12.1 Å². The molecule has 0 bridgehead atoms. The molecule has 0 fully saturated rings. The molecular formula is C15H14O5. The van der Waals surface area contributed by atoms with Crippen molar-refractivity contribution >= 4 is 5.78 Å².